The van der Waals surface area contributed by atoms with Crippen LogP contribution in [0.3, 0.4) is 0 Å². The molecule has 0 aliphatic carbocycles. The average Bonchev–Trinajstić information content (AvgIpc) is 2.53. The van der Waals surface area contributed by atoms with Gasteiger partial charge >= 0.3 is 5.97 Å². The molecular weight excluding hydrogens is 172 g/mol. The van der Waals surface area contributed by atoms with E-state index in [0.29, 0.717) is 5.82 Å². The summed E-state index contributed by atoms with van der Waals surface area (Å²) in [6.07, 6.45) is 3.37. The maximum absolute atomic E-state index is 10.9. The van der Waals surface area contributed by atoms with Crippen molar-refractivity contribution in [1.29, 1.82) is 0 Å². The Hall–Kier alpha value is -2.04. The summed E-state index contributed by atoms with van der Waals surface area (Å²) in [6, 6.07) is 3.38. The summed E-state index contributed by atoms with van der Waals surface area (Å²) < 4.78 is 0. The third kappa shape index (κ3) is 3.24. The van der Waals surface area contributed by atoms with Gasteiger partial charge in [0.1, 0.15) is 5.82 Å². The Kier molecular flexibility index (Phi) is 2.86. The molecule has 1 aromatic heterocycles. The topological polar surface area (TPSA) is 82.2 Å². The van der Waals surface area contributed by atoms with E-state index in [1.807, 2.05) is 0 Å². The molecule has 5 heteroatoms. The summed E-state index contributed by atoms with van der Waals surface area (Å²) >= 11 is 0. The SMILES string of the molecule is O=C(O)/C=C/C(=O)Nc1ccc[nH]1. The number of carbonyl (C=O) groups is 2. The maximum Gasteiger partial charge on any atom is 0.328 e. The summed E-state index contributed by atoms with van der Waals surface area (Å²) in [4.78, 5) is 23.7. The lowest BCUT2D eigenvalue weighted by atomic mass is 10.4. The molecule has 1 aromatic rings. The zero-order chi connectivity index (χ0) is 9.68. The molecule has 3 N–H and O–H groups in total. The van der Waals surface area contributed by atoms with E-state index >= 15 is 0 Å². The molecule has 0 saturated carbocycles. The van der Waals surface area contributed by atoms with Crippen LogP contribution in [0.2, 0.25) is 0 Å². The average molecular weight is 180 g/mol. The summed E-state index contributed by atoms with van der Waals surface area (Å²) in [5, 5.41) is 10.6. The first-order chi connectivity index (χ1) is 6.18. The van der Waals surface area contributed by atoms with E-state index in [2.05, 4.69) is 10.3 Å². The minimum Gasteiger partial charge on any atom is -0.478 e. The molecule has 0 saturated heterocycles. The Balaban J connectivity index is 2.47. The molecule has 0 atom stereocenters. The fourth-order valence-corrected chi connectivity index (χ4v) is 0.729. The third-order valence-corrected chi connectivity index (χ3v) is 1.23. The highest BCUT2D eigenvalue weighted by atomic mass is 16.4. The maximum atomic E-state index is 10.9. The van der Waals surface area contributed by atoms with Gasteiger partial charge < -0.3 is 15.4 Å². The highest BCUT2D eigenvalue weighted by molar-refractivity contribution is 6.01. The second-order valence-corrected chi connectivity index (χ2v) is 2.24. The van der Waals surface area contributed by atoms with Crippen LogP contribution in [-0.4, -0.2) is 22.0 Å². The van der Waals surface area contributed by atoms with Crippen molar-refractivity contribution in [3.8, 4) is 0 Å². The fraction of sp³-hybridized carbons (Fsp3) is 0. The molecule has 0 bridgehead atoms. The van der Waals surface area contributed by atoms with Gasteiger partial charge in [0.25, 0.3) is 0 Å². The number of nitrogens with one attached hydrogen (secondary N) is 2. The molecule has 0 spiro atoms. The van der Waals surface area contributed by atoms with Crippen molar-refractivity contribution in [3.63, 3.8) is 0 Å². The number of carbonyl (C=O) groups excluding carboxylic acids is 1. The zero-order valence-corrected chi connectivity index (χ0v) is 6.65. The molecule has 1 amide bonds. The van der Waals surface area contributed by atoms with Crippen LogP contribution in [0.4, 0.5) is 5.82 Å². The van der Waals surface area contributed by atoms with Gasteiger partial charge in [-0.05, 0) is 12.1 Å². The highest BCUT2D eigenvalue weighted by Crippen LogP contribution is 2.00. The van der Waals surface area contributed by atoms with Crippen molar-refractivity contribution < 1.29 is 14.7 Å². The first kappa shape index (κ1) is 9.05. The minimum atomic E-state index is -1.15. The zero-order valence-electron chi connectivity index (χ0n) is 6.65. The number of hydrogen-bond donors (Lipinski definition) is 3. The largest absolute Gasteiger partial charge is 0.478 e. The molecule has 5 nitrogen and oxygen atoms in total. The van der Waals surface area contributed by atoms with Crippen LogP contribution >= 0.6 is 0 Å². The van der Waals surface area contributed by atoms with Crippen molar-refractivity contribution in [1.82, 2.24) is 4.98 Å². The van der Waals surface area contributed by atoms with E-state index in [4.69, 9.17) is 5.11 Å². The number of amides is 1. The second kappa shape index (κ2) is 4.10. The number of aliphatic carboxylic acids is 1. The number of H-pyrrole nitrogens is 1. The number of rotatable bonds is 3. The predicted octanol–water partition coefficient (Wildman–Crippen LogP) is 0.594. The van der Waals surface area contributed by atoms with E-state index in [-0.39, 0.29) is 0 Å². The molecule has 0 aliphatic heterocycles. The first-order valence-corrected chi connectivity index (χ1v) is 3.54. The van der Waals surface area contributed by atoms with Gasteiger partial charge in [0.05, 0.1) is 0 Å². The van der Waals surface area contributed by atoms with Crippen molar-refractivity contribution in [2.75, 3.05) is 5.32 Å². The van der Waals surface area contributed by atoms with Gasteiger partial charge in [-0.2, -0.15) is 0 Å². The molecule has 13 heavy (non-hydrogen) atoms. The van der Waals surface area contributed by atoms with Gasteiger partial charge in [-0.3, -0.25) is 4.79 Å². The summed E-state index contributed by atoms with van der Waals surface area (Å²) in [7, 11) is 0. The van der Waals surface area contributed by atoms with Gasteiger partial charge in [0.15, 0.2) is 0 Å². The Morgan fingerprint density at radius 1 is 1.46 bits per heavy atom. The van der Waals surface area contributed by atoms with E-state index in [1.54, 1.807) is 18.3 Å². The smallest absolute Gasteiger partial charge is 0.328 e. The van der Waals surface area contributed by atoms with E-state index in [9.17, 15) is 9.59 Å². The molecule has 0 unspecified atom stereocenters. The van der Waals surface area contributed by atoms with E-state index in [0.717, 1.165) is 12.2 Å². The van der Waals surface area contributed by atoms with Crippen molar-refractivity contribution >= 4 is 17.7 Å². The van der Waals surface area contributed by atoms with Gasteiger partial charge in [0.2, 0.25) is 5.91 Å². The number of hydrogen-bond acceptors (Lipinski definition) is 2. The van der Waals surface area contributed by atoms with Gasteiger partial charge in [0, 0.05) is 18.3 Å². The molecule has 0 aliphatic rings. The predicted molar refractivity (Wildman–Crippen MR) is 46.2 cm³/mol. The van der Waals surface area contributed by atoms with E-state index < -0.39 is 11.9 Å². The van der Waals surface area contributed by atoms with Crippen molar-refractivity contribution in [2.24, 2.45) is 0 Å². The molecule has 68 valence electrons. The van der Waals surface area contributed by atoms with Crippen LogP contribution in [0.5, 0.6) is 0 Å². The molecule has 0 aromatic carbocycles. The standard InChI is InChI=1S/C8H8N2O3/c11-7(3-4-8(12)13)10-6-2-1-5-9-6/h1-5,9H,(H,10,11)(H,12,13)/b4-3+. The molecule has 0 fully saturated rings. The Morgan fingerprint density at radius 2 is 2.23 bits per heavy atom. The molecule has 0 radical (unpaired) electrons. The number of aromatic nitrogens is 1. The van der Waals surface area contributed by atoms with Crippen LogP contribution in [0.25, 0.3) is 0 Å². The van der Waals surface area contributed by atoms with Gasteiger partial charge in [-0.15, -0.1) is 0 Å². The summed E-state index contributed by atoms with van der Waals surface area (Å²) in [5.74, 6) is -1.11. The lowest BCUT2D eigenvalue weighted by Crippen LogP contribution is -2.08. The fourth-order valence-electron chi connectivity index (χ4n) is 0.729. The van der Waals surface area contributed by atoms with Gasteiger partial charge in [-0.25, -0.2) is 4.79 Å². The lowest BCUT2D eigenvalue weighted by Gasteiger charge is -1.95. The normalized spacial score (nSPS) is 10.2. The second-order valence-electron chi connectivity index (χ2n) is 2.24. The molecule has 1 heterocycles. The number of aromatic amines is 1. The first-order valence-electron chi connectivity index (χ1n) is 3.54. The van der Waals surface area contributed by atoms with E-state index in [1.165, 1.54) is 0 Å². The number of carboxylic acid groups (broad SMARTS) is 1. The van der Waals surface area contributed by atoms with Crippen LogP contribution < -0.4 is 5.32 Å². The van der Waals surface area contributed by atoms with Crippen LogP contribution in [0.15, 0.2) is 30.5 Å². The molecular formula is C8H8N2O3. The summed E-state index contributed by atoms with van der Waals surface area (Å²) in [5.41, 5.74) is 0. The van der Waals surface area contributed by atoms with Crippen molar-refractivity contribution in [2.45, 2.75) is 0 Å². The minimum absolute atomic E-state index is 0.482. The highest BCUT2D eigenvalue weighted by Gasteiger charge is 1.97. The van der Waals surface area contributed by atoms with Gasteiger partial charge in [-0.1, -0.05) is 0 Å². The Labute approximate surface area is 74.1 Å². The number of anilines is 1. The van der Waals surface area contributed by atoms with Crippen LogP contribution in [0.1, 0.15) is 0 Å². The van der Waals surface area contributed by atoms with Crippen LogP contribution in [0, 0.1) is 0 Å². The van der Waals surface area contributed by atoms with Crippen LogP contribution in [-0.2, 0) is 9.59 Å². The Morgan fingerprint density at radius 3 is 2.77 bits per heavy atom. The quantitative estimate of drug-likeness (QED) is 0.595. The number of carboxylic acids is 1. The molecule has 1 rings (SSSR count). The lowest BCUT2D eigenvalue weighted by molar-refractivity contribution is -0.131. The third-order valence-electron chi connectivity index (χ3n) is 1.23. The monoisotopic (exact) mass is 180 g/mol. The Bertz CT molecular complexity index is 327. The summed E-state index contributed by atoms with van der Waals surface area (Å²) in [6.45, 7) is 0. The van der Waals surface area contributed by atoms with Crippen molar-refractivity contribution in [3.05, 3.63) is 30.5 Å².